The van der Waals surface area contributed by atoms with E-state index in [0.717, 1.165) is 0 Å². The smallest absolute Gasteiger partial charge is 0.294 e. The Morgan fingerprint density at radius 3 is 0.582 bits per heavy atom. The summed E-state index contributed by atoms with van der Waals surface area (Å²) in [6, 6.07) is 39.7. The van der Waals surface area contributed by atoms with Gasteiger partial charge in [-0.25, -0.2) is 19.9 Å². The van der Waals surface area contributed by atoms with Crippen LogP contribution >= 0.6 is 0 Å². The lowest BCUT2D eigenvalue weighted by molar-refractivity contribution is 0.481. The Labute approximate surface area is 551 Å². The maximum absolute atomic E-state index is 12.9. The highest BCUT2D eigenvalue weighted by Gasteiger charge is 2.29. The topological polar surface area (TPSA) is 441 Å². The maximum atomic E-state index is 12.9. The molecule has 0 unspecified atom stereocenters. The van der Waals surface area contributed by atoms with E-state index >= 15 is 0 Å². The Kier molecular flexibility index (Phi) is 12.7. The summed E-state index contributed by atoms with van der Waals surface area (Å²) >= 11 is 0. The molecule has 0 saturated carbocycles. The van der Waals surface area contributed by atoms with Gasteiger partial charge in [0.25, 0.3) is 60.7 Å². The number of nitrogens with one attached hydrogen (secondary N) is 4. The summed E-state index contributed by atoms with van der Waals surface area (Å²) in [6.45, 7) is 0. The van der Waals surface area contributed by atoms with Crippen molar-refractivity contribution in [3.8, 4) is 90.1 Å². The van der Waals surface area contributed by atoms with Crippen molar-refractivity contribution in [3.63, 3.8) is 0 Å². The first-order chi connectivity index (χ1) is 46.2. The third kappa shape index (κ3) is 9.91. The van der Waals surface area contributed by atoms with Crippen LogP contribution in [-0.2, 0) is 60.7 Å². The molecule has 17 rings (SSSR count). The fourth-order valence-corrected chi connectivity index (χ4v) is 16.3. The number of hydrogen-bond donors (Lipinski definition) is 10. The Morgan fingerprint density at radius 1 is 0.194 bits per heavy atom. The van der Waals surface area contributed by atoms with E-state index in [4.69, 9.17) is 19.9 Å². The van der Waals surface area contributed by atoms with E-state index in [-0.39, 0.29) is 111 Å². The Bertz CT molecular complexity index is 6710. The van der Waals surface area contributed by atoms with Crippen LogP contribution in [0.1, 0.15) is 0 Å². The fourth-order valence-electron chi connectivity index (χ4n) is 13.3. The van der Waals surface area contributed by atoms with Gasteiger partial charge in [-0.2, -0.15) is 50.5 Å². The van der Waals surface area contributed by atoms with Crippen molar-refractivity contribution in [1.82, 2.24) is 39.9 Å². The Morgan fingerprint density at radius 2 is 0.367 bits per heavy atom. The number of nitrogens with zero attached hydrogens (tertiary/aromatic N) is 4. The molecule has 0 amide bonds. The van der Waals surface area contributed by atoms with Crippen molar-refractivity contribution in [3.05, 3.63) is 170 Å². The van der Waals surface area contributed by atoms with E-state index in [2.05, 4.69) is 19.9 Å². The molecular weight excluding hydrogens is 1390 g/mol. The number of hydrogen-bond acceptors (Lipinski definition) is 16. The Balaban J connectivity index is 1.01. The summed E-state index contributed by atoms with van der Waals surface area (Å²) in [6.07, 6.45) is 0. The van der Waals surface area contributed by atoms with Crippen LogP contribution in [0.2, 0.25) is 0 Å². The van der Waals surface area contributed by atoms with Gasteiger partial charge in [-0.3, -0.25) is 27.3 Å². The summed E-state index contributed by atoms with van der Waals surface area (Å²) in [7, 11) is -28.9. The van der Waals surface area contributed by atoms with Gasteiger partial charge < -0.3 is 19.9 Å². The van der Waals surface area contributed by atoms with Crippen molar-refractivity contribution >= 4 is 148 Å². The van der Waals surface area contributed by atoms with Crippen molar-refractivity contribution in [2.45, 2.75) is 29.4 Å². The Hall–Kier alpha value is -10.7. The molecule has 98 heavy (non-hydrogen) atoms. The number of fused-ring (bicyclic) bond motifs is 40. The van der Waals surface area contributed by atoms with Gasteiger partial charge in [0.05, 0.1) is 74.9 Å². The van der Waals surface area contributed by atoms with Gasteiger partial charge in [0, 0.05) is 132 Å². The van der Waals surface area contributed by atoms with Gasteiger partial charge in [-0.05, 0) is 133 Å². The molecule has 13 aromatic rings. The molecule has 6 aromatic heterocycles. The number of aromatic amines is 4. The molecule has 0 radical (unpaired) electrons. The van der Waals surface area contributed by atoms with Gasteiger partial charge >= 0.3 is 0 Å². The van der Waals surface area contributed by atoms with E-state index in [1.165, 1.54) is 109 Å². The lowest BCUT2D eigenvalue weighted by atomic mass is 9.94. The molecule has 4 aliphatic heterocycles. The number of aromatic nitrogens is 8. The van der Waals surface area contributed by atoms with E-state index < -0.39 is 90.1 Å². The van der Waals surface area contributed by atoms with E-state index in [9.17, 15) is 77.8 Å². The van der Waals surface area contributed by atoms with Gasteiger partial charge in [0.2, 0.25) is 0 Å². The number of rotatable bonds is 6. The van der Waals surface area contributed by atoms with Crippen LogP contribution in [0.25, 0.3) is 177 Å². The molecular formula is C66H38N8O18S6. The predicted molar refractivity (Wildman–Crippen MR) is 362 cm³/mol. The van der Waals surface area contributed by atoms with Crippen molar-refractivity contribution in [2.24, 2.45) is 0 Å². The second-order valence-electron chi connectivity index (χ2n) is 23.5. The molecule has 486 valence electrons. The van der Waals surface area contributed by atoms with Crippen LogP contribution < -0.4 is 0 Å². The number of H-pyrrole nitrogens is 4. The van der Waals surface area contributed by atoms with Crippen LogP contribution in [0, 0.1) is 0 Å². The van der Waals surface area contributed by atoms with Crippen molar-refractivity contribution < 1.29 is 77.8 Å². The molecule has 0 atom stereocenters. The molecule has 0 fully saturated rings. The normalized spacial score (nSPS) is 13.3. The zero-order valence-corrected chi connectivity index (χ0v) is 53.9. The van der Waals surface area contributed by atoms with Gasteiger partial charge in [-0.1, -0.05) is 36.4 Å². The highest BCUT2D eigenvalue weighted by molar-refractivity contribution is 7.87. The van der Waals surface area contributed by atoms with E-state index in [0.29, 0.717) is 66.0 Å². The first-order valence-corrected chi connectivity index (χ1v) is 37.5. The molecule has 7 aromatic carbocycles. The third-order valence-electron chi connectivity index (χ3n) is 17.7. The summed E-state index contributed by atoms with van der Waals surface area (Å²) in [5.41, 5.74) is 6.87. The second kappa shape index (κ2) is 20.4. The molecule has 10 N–H and O–H groups in total. The van der Waals surface area contributed by atoms with E-state index in [1.807, 2.05) is 0 Å². The predicted octanol–water partition coefficient (Wildman–Crippen LogP) is 12.4. The maximum Gasteiger partial charge on any atom is 0.294 e. The lowest BCUT2D eigenvalue weighted by Gasteiger charge is -2.06. The first kappa shape index (κ1) is 60.9. The average Bonchev–Trinajstić information content (AvgIpc) is 1.59. The van der Waals surface area contributed by atoms with E-state index in [1.54, 1.807) is 60.7 Å². The molecule has 26 nitrogen and oxygen atoms in total. The minimum absolute atomic E-state index is 0.145. The molecule has 0 saturated heterocycles. The number of benzene rings is 7. The van der Waals surface area contributed by atoms with Crippen LogP contribution in [0.5, 0.6) is 0 Å². The van der Waals surface area contributed by atoms with Gasteiger partial charge in [0.1, 0.15) is 0 Å². The molecule has 0 aliphatic carbocycles. The monoisotopic (exact) mass is 1420 g/mol. The fraction of sp³-hybridized carbons (Fsp3) is 0. The summed E-state index contributed by atoms with van der Waals surface area (Å²) in [5.74, 6) is 0. The largest absolute Gasteiger partial charge is 0.354 e. The quantitative estimate of drug-likeness (QED) is 0.0691. The molecule has 32 heteroatoms. The standard InChI is InChI=1S/C66H38N8O18S6/c75-93(76,77)29-1-7-35-41(13-29)57-23-53-39-11-5-33(97(87,88)89)17-45(39)61(71-53)27-65-49-20-50-48(19-47(49)63(73-65)25-55-37-9-3-31(95(81,82)83)15-43(37)59(69-55)21-51(35)67-57)64-26-56-38-10-4-32(96(84,85)86)16-44(38)60(70-56)22-52-36-8-2-30(94(78,79)80)14-42(36)58(68-52)24-54-40-12-6-34(98(90,91)92)18-46(40)62(72-54)28-66(50)74-64/h1-28,69-72H,(H,75,76,77)(H,78,79,80)(H,81,82,83)(H,84,85,86)(H,87,88,89)(H,90,91,92). The van der Waals surface area contributed by atoms with Crippen molar-refractivity contribution in [1.29, 1.82) is 0 Å². The van der Waals surface area contributed by atoms with Crippen molar-refractivity contribution in [2.75, 3.05) is 0 Å². The van der Waals surface area contributed by atoms with Gasteiger partial charge in [-0.15, -0.1) is 0 Å². The SMILES string of the molecule is O=S(=O)(O)c1ccc2c(c1)-c1cc3[nH]c(cc4nc(cc5[nH]c(cc-2n1)c1cc(S(=O)(=O)O)ccc51)-c1cc2c(cc1-4)-c1cc4[nH]c(cc5nc(cc6[nH]c(cc-2n1)c1ccc(S(=O)(=O)O)cc61)-c1ccc(S(=O)(=O)O)cc1-5)c1ccc(S(=O)(=O)O)cc41)c1cc(S(=O)(=O)O)ccc31. The zero-order valence-electron chi connectivity index (χ0n) is 49.0. The average molecular weight is 1420 g/mol. The third-order valence-corrected chi connectivity index (χ3v) is 22.8. The minimum atomic E-state index is -4.84. The molecule has 4 aliphatic rings. The molecule has 10 heterocycles. The van der Waals surface area contributed by atoms with Crippen LogP contribution in [0.4, 0.5) is 0 Å². The van der Waals surface area contributed by atoms with Crippen LogP contribution in [-0.4, -0.2) is 118 Å². The highest BCUT2D eigenvalue weighted by atomic mass is 32.2. The molecule has 0 spiro atoms. The lowest BCUT2D eigenvalue weighted by Crippen LogP contribution is -1.98. The molecule has 16 bridgehead atoms. The zero-order chi connectivity index (χ0) is 68.4. The van der Waals surface area contributed by atoms with Crippen LogP contribution in [0.3, 0.4) is 0 Å². The summed E-state index contributed by atoms with van der Waals surface area (Å²) < 4.78 is 216. The highest BCUT2D eigenvalue weighted by Crippen LogP contribution is 2.49. The second-order valence-corrected chi connectivity index (χ2v) is 32.1. The summed E-state index contributed by atoms with van der Waals surface area (Å²) in [5, 5.41) is 2.60. The summed E-state index contributed by atoms with van der Waals surface area (Å²) in [4.78, 5) is 31.0. The van der Waals surface area contributed by atoms with Crippen LogP contribution in [0.15, 0.2) is 199 Å². The first-order valence-electron chi connectivity index (χ1n) is 28.8. The minimum Gasteiger partial charge on any atom is -0.354 e. The van der Waals surface area contributed by atoms with Gasteiger partial charge in [0.15, 0.2) is 0 Å².